The number of rotatable bonds is 17. The van der Waals surface area contributed by atoms with Crippen LogP contribution in [-0.2, 0) is 16.0 Å². The predicted octanol–water partition coefficient (Wildman–Crippen LogP) is 10.2. The molecule has 0 unspecified atom stereocenters. The van der Waals surface area contributed by atoms with Crippen LogP contribution in [0.2, 0.25) is 0 Å². The van der Waals surface area contributed by atoms with Crippen LogP contribution in [0.3, 0.4) is 0 Å². The lowest BCUT2D eigenvalue weighted by atomic mass is 9.78. The van der Waals surface area contributed by atoms with E-state index >= 15 is 8.78 Å². The first-order chi connectivity index (χ1) is 23.7. The Labute approximate surface area is 294 Å². The Morgan fingerprint density at radius 2 is 1.61 bits per heavy atom. The molecule has 0 radical (unpaired) electrons. The molecule has 9 heteroatoms. The van der Waals surface area contributed by atoms with Crippen molar-refractivity contribution in [3.63, 3.8) is 0 Å². The van der Waals surface area contributed by atoms with E-state index in [1.807, 2.05) is 12.1 Å². The molecule has 4 rings (SSSR count). The topological polar surface area (TPSA) is 85.7 Å². The van der Waals surface area contributed by atoms with E-state index in [9.17, 15) is 9.59 Å². The van der Waals surface area contributed by atoms with Crippen LogP contribution >= 0.6 is 12.6 Å². The molecule has 1 fully saturated rings. The van der Waals surface area contributed by atoms with Crippen molar-refractivity contribution in [2.24, 2.45) is 11.8 Å². The van der Waals surface area contributed by atoms with Gasteiger partial charge in [-0.25, -0.2) is 13.6 Å². The zero-order chi connectivity index (χ0) is 35.2. The van der Waals surface area contributed by atoms with Crippen molar-refractivity contribution in [2.45, 2.75) is 84.0 Å². The van der Waals surface area contributed by atoms with Crippen LogP contribution in [0.5, 0.6) is 17.2 Å². The number of carbonyl (C=O) groups excluding carboxylic acids is 2. The Kier molecular flexibility index (Phi) is 14.9. The molecule has 1 saturated carbocycles. The number of methoxy groups -OCH3 is 1. The number of aryl methyl sites for hydroxylation is 1. The summed E-state index contributed by atoms with van der Waals surface area (Å²) in [5, 5.41) is 7.96. The number of unbranched alkanes of at least 4 members (excludes halogenated alkanes) is 2. The van der Waals surface area contributed by atoms with Crippen molar-refractivity contribution in [2.75, 3.05) is 12.9 Å². The fourth-order valence-electron chi connectivity index (χ4n) is 6.45. The van der Waals surface area contributed by atoms with Crippen molar-refractivity contribution < 1.29 is 32.6 Å². The maximum Gasteiger partial charge on any atom is 0.336 e. The minimum atomic E-state index is -1.03. The van der Waals surface area contributed by atoms with Crippen molar-refractivity contribution in [3.05, 3.63) is 82.9 Å². The largest absolute Gasteiger partial charge is 0.493 e. The normalized spacial score (nSPS) is 16.0. The minimum Gasteiger partial charge on any atom is -0.493 e. The molecule has 1 aliphatic rings. The molecule has 3 aromatic rings. The summed E-state index contributed by atoms with van der Waals surface area (Å²) in [5.74, 6) is -1.36. The summed E-state index contributed by atoms with van der Waals surface area (Å²) in [5.41, 5.74) is 2.94. The van der Waals surface area contributed by atoms with Crippen LogP contribution in [0.15, 0.2) is 54.6 Å². The number of nitrogens with one attached hydrogen (secondary N) is 1. The highest BCUT2D eigenvalue weighted by Crippen LogP contribution is 2.35. The highest BCUT2D eigenvalue weighted by molar-refractivity contribution is 7.80. The van der Waals surface area contributed by atoms with Crippen molar-refractivity contribution in [1.82, 2.24) is 0 Å². The minimum absolute atomic E-state index is 0.242. The Morgan fingerprint density at radius 3 is 2.27 bits per heavy atom. The van der Waals surface area contributed by atoms with E-state index < -0.39 is 23.4 Å². The van der Waals surface area contributed by atoms with E-state index in [4.69, 9.17) is 19.6 Å². The van der Waals surface area contributed by atoms with Gasteiger partial charge >= 0.3 is 11.9 Å². The third-order valence-electron chi connectivity index (χ3n) is 9.15. The van der Waals surface area contributed by atoms with Gasteiger partial charge in [-0.15, -0.1) is 0 Å². The molecule has 0 saturated heterocycles. The molecular weight excluding hydrogens is 645 g/mol. The molecule has 0 aliphatic heterocycles. The van der Waals surface area contributed by atoms with Gasteiger partial charge < -0.3 is 19.6 Å². The zero-order valence-corrected chi connectivity index (χ0v) is 29.3. The lowest BCUT2D eigenvalue weighted by Gasteiger charge is -2.28. The lowest BCUT2D eigenvalue weighted by molar-refractivity contribution is -0.134. The van der Waals surface area contributed by atoms with Gasteiger partial charge in [-0.1, -0.05) is 70.1 Å². The maximum absolute atomic E-state index is 15.1. The zero-order valence-electron chi connectivity index (χ0n) is 28.4. The van der Waals surface area contributed by atoms with E-state index in [1.165, 1.54) is 57.9 Å². The standard InChI is InChI=1S/C40H47F2NO5S/c1-3-7-27-9-11-28(12-10-27)13-14-29-15-18-33(32(22-29)26-43)31-24-34(41)40(35(42)25-31)48-39(45)20-17-30-16-19-36(37(23-30)46-2)47-38(44)8-5-4-6-21-49/h15-20,22-28,43,49H,3-14,21H2,1-2H3/b20-17+,43-26?. The van der Waals surface area contributed by atoms with Crippen LogP contribution in [0.1, 0.15) is 94.2 Å². The summed E-state index contributed by atoms with van der Waals surface area (Å²) < 4.78 is 46.1. The number of benzene rings is 3. The van der Waals surface area contributed by atoms with E-state index in [2.05, 4.69) is 19.6 Å². The average molecular weight is 692 g/mol. The van der Waals surface area contributed by atoms with Gasteiger partial charge in [-0.05, 0) is 102 Å². The first-order valence-electron chi connectivity index (χ1n) is 17.3. The Hall–Kier alpha value is -3.98. The molecule has 49 heavy (non-hydrogen) atoms. The summed E-state index contributed by atoms with van der Waals surface area (Å²) >= 11 is 4.16. The quantitative estimate of drug-likeness (QED) is 0.0368. The Morgan fingerprint density at radius 1 is 0.898 bits per heavy atom. The fourth-order valence-corrected chi connectivity index (χ4v) is 6.68. The van der Waals surface area contributed by atoms with Crippen molar-refractivity contribution >= 4 is 36.9 Å². The van der Waals surface area contributed by atoms with Gasteiger partial charge in [-0.3, -0.25) is 4.79 Å². The van der Waals surface area contributed by atoms with Gasteiger partial charge in [0.05, 0.1) is 7.11 Å². The molecule has 0 bridgehead atoms. The first kappa shape index (κ1) is 37.8. The molecule has 0 heterocycles. The van der Waals surface area contributed by atoms with Crippen LogP contribution in [0.4, 0.5) is 8.78 Å². The molecule has 0 aromatic heterocycles. The predicted molar refractivity (Wildman–Crippen MR) is 194 cm³/mol. The number of hydrogen-bond acceptors (Lipinski definition) is 7. The molecule has 262 valence electrons. The number of carbonyl (C=O) groups is 2. The summed E-state index contributed by atoms with van der Waals surface area (Å²) in [6.45, 7) is 2.25. The maximum atomic E-state index is 15.1. The monoisotopic (exact) mass is 691 g/mol. The SMILES string of the molecule is CCCC1CCC(CCc2ccc(-c3cc(F)c(OC(=O)/C=C/c4ccc(OC(=O)CCCCCS)c(OC)c4)c(F)c3)c(C=N)c2)CC1. The summed E-state index contributed by atoms with van der Waals surface area (Å²) in [7, 11) is 1.43. The van der Waals surface area contributed by atoms with Crippen molar-refractivity contribution in [3.8, 4) is 28.4 Å². The number of hydrogen-bond donors (Lipinski definition) is 2. The van der Waals surface area contributed by atoms with Gasteiger partial charge in [-0.2, -0.15) is 12.6 Å². The van der Waals surface area contributed by atoms with Crippen LogP contribution in [0, 0.1) is 28.9 Å². The second-order valence-corrected chi connectivity index (χ2v) is 13.2. The molecule has 0 spiro atoms. The van der Waals surface area contributed by atoms with E-state index in [0.717, 1.165) is 61.1 Å². The molecule has 1 aliphatic carbocycles. The Bertz CT molecular complexity index is 1590. The second-order valence-electron chi connectivity index (χ2n) is 12.7. The Balaban J connectivity index is 1.36. The smallest absolute Gasteiger partial charge is 0.336 e. The third kappa shape index (κ3) is 11.3. The number of halogens is 2. The van der Waals surface area contributed by atoms with Gasteiger partial charge in [0.25, 0.3) is 0 Å². The average Bonchev–Trinajstić information content (AvgIpc) is 3.10. The summed E-state index contributed by atoms with van der Waals surface area (Å²) in [4.78, 5) is 24.7. The summed E-state index contributed by atoms with van der Waals surface area (Å²) in [6, 6.07) is 12.6. The second kappa shape index (κ2) is 19.3. The molecular formula is C40H47F2NO5S. The summed E-state index contributed by atoms with van der Waals surface area (Å²) in [6.07, 6.45) is 16.1. The number of ether oxygens (including phenoxy) is 3. The van der Waals surface area contributed by atoms with Crippen LogP contribution in [-0.4, -0.2) is 31.0 Å². The highest BCUT2D eigenvalue weighted by atomic mass is 32.1. The highest BCUT2D eigenvalue weighted by Gasteiger charge is 2.21. The number of esters is 2. The lowest BCUT2D eigenvalue weighted by Crippen LogP contribution is -2.15. The molecule has 6 nitrogen and oxygen atoms in total. The first-order valence-corrected chi connectivity index (χ1v) is 17.9. The van der Waals surface area contributed by atoms with Gasteiger partial charge in [0.1, 0.15) is 0 Å². The fraction of sp³-hybridized carbons (Fsp3) is 0.425. The van der Waals surface area contributed by atoms with Crippen LogP contribution in [0.25, 0.3) is 17.2 Å². The molecule has 0 atom stereocenters. The third-order valence-corrected chi connectivity index (χ3v) is 9.47. The van der Waals surface area contributed by atoms with Gasteiger partial charge in [0.15, 0.2) is 23.1 Å². The van der Waals surface area contributed by atoms with E-state index in [-0.39, 0.29) is 29.5 Å². The number of thiol groups is 1. The van der Waals surface area contributed by atoms with Gasteiger partial charge in [0.2, 0.25) is 5.75 Å². The molecule has 0 amide bonds. The molecule has 3 aromatic carbocycles. The van der Waals surface area contributed by atoms with Crippen LogP contribution < -0.4 is 14.2 Å². The van der Waals surface area contributed by atoms with E-state index in [1.54, 1.807) is 24.3 Å². The van der Waals surface area contributed by atoms with Gasteiger partial charge in [0, 0.05) is 24.3 Å². The van der Waals surface area contributed by atoms with E-state index in [0.29, 0.717) is 29.0 Å². The molecule has 1 N–H and O–H groups in total. The van der Waals surface area contributed by atoms with Crippen molar-refractivity contribution in [1.29, 1.82) is 5.41 Å².